The summed E-state index contributed by atoms with van der Waals surface area (Å²) in [5.41, 5.74) is 1.00. The minimum Gasteiger partial charge on any atom is -0.496 e. The fourth-order valence-electron chi connectivity index (χ4n) is 2.74. The van der Waals surface area contributed by atoms with E-state index in [4.69, 9.17) is 28.1 Å². The zero-order valence-corrected chi connectivity index (χ0v) is 16.5. The first-order valence-corrected chi connectivity index (χ1v) is 8.82. The Morgan fingerprint density at radius 1 is 0.966 bits per heavy atom. The number of methoxy groups -OCH3 is 3. The molecule has 7 heteroatoms. The van der Waals surface area contributed by atoms with E-state index in [0.717, 1.165) is 11.0 Å². The van der Waals surface area contributed by atoms with Crippen molar-refractivity contribution < 1.29 is 32.9 Å². The number of hydrogen-bond donors (Lipinski definition) is 0. The summed E-state index contributed by atoms with van der Waals surface area (Å²) in [5, 5.41) is 0.959. The summed E-state index contributed by atoms with van der Waals surface area (Å²) in [5.74, 6) is 1.28. The molecule has 0 fully saturated rings. The third kappa shape index (κ3) is 4.96. The Balaban J connectivity index is 1.92. The van der Waals surface area contributed by atoms with Gasteiger partial charge in [0.15, 0.2) is 19.4 Å². The number of hydrogen-bond acceptors (Lipinski definition) is 7. The number of fused-ring (bicyclic) bond motifs is 1. The van der Waals surface area contributed by atoms with Crippen LogP contribution in [0.1, 0.15) is 16.1 Å². The Labute approximate surface area is 168 Å². The van der Waals surface area contributed by atoms with Gasteiger partial charge in [-0.2, -0.15) is 0 Å². The molecule has 7 nitrogen and oxygen atoms in total. The molecule has 1 aromatic heterocycles. The second kappa shape index (κ2) is 9.77. The molecule has 0 unspecified atom stereocenters. The largest absolute Gasteiger partial charge is 0.496 e. The fraction of sp³-hybridized carbons (Fsp3) is 0.227. The molecule has 0 aliphatic heterocycles. The van der Waals surface area contributed by atoms with E-state index in [2.05, 4.69) is 0 Å². The second-order valence-electron chi connectivity index (χ2n) is 5.98. The predicted molar refractivity (Wildman–Crippen MR) is 108 cm³/mol. The number of ketones is 1. The molecule has 0 amide bonds. The van der Waals surface area contributed by atoms with Crippen LogP contribution in [0, 0.1) is 0 Å². The Morgan fingerprint density at radius 2 is 1.69 bits per heavy atom. The summed E-state index contributed by atoms with van der Waals surface area (Å²) < 4.78 is 32.0. The van der Waals surface area contributed by atoms with Gasteiger partial charge >= 0.3 is 0 Å². The Morgan fingerprint density at radius 3 is 2.41 bits per heavy atom. The van der Waals surface area contributed by atoms with Crippen molar-refractivity contribution in [3.8, 4) is 17.2 Å². The minimum absolute atomic E-state index is 0.0372. The number of para-hydroxylation sites is 1. The van der Waals surface area contributed by atoms with Crippen molar-refractivity contribution in [3.63, 3.8) is 0 Å². The SMILES string of the molecule is COCOc1cc(OC)c(C(=O)/C=C/c2cc3ccccc3o2)c(OCOC)c1. The number of ether oxygens (including phenoxy) is 5. The van der Waals surface area contributed by atoms with E-state index in [1.54, 1.807) is 18.2 Å². The van der Waals surface area contributed by atoms with Crippen molar-refractivity contribution in [2.45, 2.75) is 0 Å². The lowest BCUT2D eigenvalue weighted by atomic mass is 10.1. The molecule has 2 aromatic carbocycles. The number of rotatable bonds is 10. The van der Waals surface area contributed by atoms with Crippen LogP contribution in [0.15, 0.2) is 53.0 Å². The Hall–Kier alpha value is -3.29. The van der Waals surface area contributed by atoms with Crippen LogP contribution < -0.4 is 14.2 Å². The molecule has 3 rings (SSSR count). The number of carbonyl (C=O) groups excluding carboxylic acids is 1. The van der Waals surface area contributed by atoms with Crippen LogP contribution in [0.25, 0.3) is 17.0 Å². The van der Waals surface area contributed by atoms with Gasteiger partial charge in [0.2, 0.25) is 0 Å². The van der Waals surface area contributed by atoms with E-state index >= 15 is 0 Å². The van der Waals surface area contributed by atoms with Gasteiger partial charge in [0, 0.05) is 31.7 Å². The summed E-state index contributed by atoms with van der Waals surface area (Å²) in [6.07, 6.45) is 3.02. The number of furan rings is 1. The van der Waals surface area contributed by atoms with Crippen LogP contribution in [-0.4, -0.2) is 40.7 Å². The van der Waals surface area contributed by atoms with Crippen molar-refractivity contribution >= 4 is 22.8 Å². The molecule has 0 radical (unpaired) electrons. The lowest BCUT2D eigenvalue weighted by molar-refractivity contribution is 0.0453. The molecular formula is C22H22O7. The first kappa shape index (κ1) is 20.4. The molecule has 3 aromatic rings. The zero-order valence-electron chi connectivity index (χ0n) is 16.5. The van der Waals surface area contributed by atoms with Crippen LogP contribution in [0.3, 0.4) is 0 Å². The molecule has 0 spiro atoms. The van der Waals surface area contributed by atoms with Crippen molar-refractivity contribution in [2.24, 2.45) is 0 Å². The van der Waals surface area contributed by atoms with E-state index in [0.29, 0.717) is 17.3 Å². The van der Waals surface area contributed by atoms with Gasteiger partial charge in [0.05, 0.1) is 7.11 Å². The lowest BCUT2D eigenvalue weighted by Crippen LogP contribution is -2.08. The van der Waals surface area contributed by atoms with Crippen molar-refractivity contribution in [1.29, 1.82) is 0 Å². The molecule has 0 N–H and O–H groups in total. The van der Waals surface area contributed by atoms with Gasteiger partial charge in [-0.15, -0.1) is 0 Å². The molecule has 0 atom stereocenters. The highest BCUT2D eigenvalue weighted by Gasteiger charge is 2.19. The summed E-state index contributed by atoms with van der Waals surface area (Å²) >= 11 is 0. The lowest BCUT2D eigenvalue weighted by Gasteiger charge is -2.15. The third-order valence-corrected chi connectivity index (χ3v) is 4.03. The molecule has 0 aliphatic rings. The number of carbonyl (C=O) groups is 1. The summed E-state index contributed by atoms with van der Waals surface area (Å²) in [7, 11) is 4.47. The first-order chi connectivity index (χ1) is 14.2. The van der Waals surface area contributed by atoms with Gasteiger partial charge in [-0.1, -0.05) is 18.2 Å². The van der Waals surface area contributed by atoms with E-state index in [-0.39, 0.29) is 30.7 Å². The van der Waals surface area contributed by atoms with Crippen molar-refractivity contribution in [2.75, 3.05) is 34.9 Å². The smallest absolute Gasteiger partial charge is 0.193 e. The molecule has 1 heterocycles. The maximum atomic E-state index is 12.9. The standard InChI is InChI=1S/C22H22O7/c1-24-13-27-17-11-20(26-3)22(21(12-17)28-14-25-2)18(23)9-8-16-10-15-6-4-5-7-19(15)29-16/h4-12H,13-14H2,1-3H3/b9-8+. The number of allylic oxidation sites excluding steroid dienone is 1. The van der Waals surface area contributed by atoms with Gasteiger partial charge in [-0.25, -0.2) is 0 Å². The molecule has 0 saturated heterocycles. The van der Waals surface area contributed by atoms with E-state index in [1.165, 1.54) is 27.4 Å². The second-order valence-corrected chi connectivity index (χ2v) is 5.98. The maximum absolute atomic E-state index is 12.9. The van der Waals surface area contributed by atoms with Gasteiger partial charge < -0.3 is 28.1 Å². The molecular weight excluding hydrogens is 376 g/mol. The molecule has 0 bridgehead atoms. The van der Waals surface area contributed by atoms with Crippen molar-refractivity contribution in [1.82, 2.24) is 0 Å². The summed E-state index contributed by atoms with van der Waals surface area (Å²) in [6.45, 7) is 0.0105. The molecule has 0 saturated carbocycles. The van der Waals surface area contributed by atoms with Gasteiger partial charge in [-0.3, -0.25) is 4.79 Å². The third-order valence-electron chi connectivity index (χ3n) is 4.03. The van der Waals surface area contributed by atoms with Gasteiger partial charge in [0.25, 0.3) is 0 Å². The first-order valence-electron chi connectivity index (χ1n) is 8.82. The van der Waals surface area contributed by atoms with Crippen LogP contribution in [0.2, 0.25) is 0 Å². The minimum atomic E-state index is -0.313. The van der Waals surface area contributed by atoms with Crippen molar-refractivity contribution in [3.05, 3.63) is 59.9 Å². The fourth-order valence-corrected chi connectivity index (χ4v) is 2.74. The molecule has 29 heavy (non-hydrogen) atoms. The van der Waals surface area contributed by atoms with Crippen LogP contribution in [0.5, 0.6) is 17.2 Å². The highest BCUT2D eigenvalue weighted by Crippen LogP contribution is 2.35. The van der Waals surface area contributed by atoms with E-state index in [9.17, 15) is 4.79 Å². The normalized spacial score (nSPS) is 11.1. The highest BCUT2D eigenvalue weighted by atomic mass is 16.7. The average molecular weight is 398 g/mol. The summed E-state index contributed by atoms with van der Waals surface area (Å²) in [6, 6.07) is 12.7. The Bertz CT molecular complexity index is 971. The predicted octanol–water partition coefficient (Wildman–Crippen LogP) is 4.30. The number of benzene rings is 2. The maximum Gasteiger partial charge on any atom is 0.193 e. The zero-order chi connectivity index (χ0) is 20.6. The summed E-state index contributed by atoms with van der Waals surface area (Å²) in [4.78, 5) is 12.9. The molecule has 152 valence electrons. The van der Waals surface area contributed by atoms with Crippen LogP contribution in [0.4, 0.5) is 0 Å². The van der Waals surface area contributed by atoms with Crippen LogP contribution >= 0.6 is 0 Å². The highest BCUT2D eigenvalue weighted by molar-refractivity contribution is 6.10. The topological polar surface area (TPSA) is 76.4 Å². The quantitative estimate of drug-likeness (QED) is 0.286. The Kier molecular flexibility index (Phi) is 6.89. The van der Waals surface area contributed by atoms with Gasteiger partial charge in [-0.05, 0) is 24.3 Å². The monoisotopic (exact) mass is 398 g/mol. The van der Waals surface area contributed by atoms with Gasteiger partial charge in [0.1, 0.15) is 34.2 Å². The van der Waals surface area contributed by atoms with E-state index in [1.807, 2.05) is 30.3 Å². The molecule has 0 aliphatic carbocycles. The average Bonchev–Trinajstić information content (AvgIpc) is 3.17. The van der Waals surface area contributed by atoms with Crippen LogP contribution in [-0.2, 0) is 9.47 Å². The van der Waals surface area contributed by atoms with E-state index < -0.39 is 0 Å².